The van der Waals surface area contributed by atoms with Crippen molar-refractivity contribution in [2.45, 2.75) is 13.8 Å². The zero-order chi connectivity index (χ0) is 13.7. The molecule has 0 aliphatic heterocycles. The Morgan fingerprint density at radius 2 is 1.79 bits per heavy atom. The molecule has 0 heterocycles. The molecule has 0 atom stereocenters. The third-order valence-electron chi connectivity index (χ3n) is 3.09. The zero-order valence-electron chi connectivity index (χ0n) is 11.2. The SMILES string of the molecule is C/C=C/C=C/c1cccc(-c2cccc(F)c2)c1C. The van der Waals surface area contributed by atoms with E-state index in [1.54, 1.807) is 12.1 Å². The minimum absolute atomic E-state index is 0.202. The second kappa shape index (κ2) is 6.14. The lowest BCUT2D eigenvalue weighted by atomic mass is 9.96. The van der Waals surface area contributed by atoms with Gasteiger partial charge in [-0.05, 0) is 48.2 Å². The zero-order valence-corrected chi connectivity index (χ0v) is 11.2. The summed E-state index contributed by atoms with van der Waals surface area (Å²) in [6, 6.07) is 12.8. The molecule has 96 valence electrons. The standard InChI is InChI=1S/C18H17F/c1-3-4-5-8-15-9-7-12-18(14(15)2)16-10-6-11-17(19)13-16/h3-13H,1-2H3/b4-3+,8-5+. The average Bonchev–Trinajstić information content (AvgIpc) is 2.41. The van der Waals surface area contributed by atoms with Gasteiger partial charge in [0.15, 0.2) is 0 Å². The summed E-state index contributed by atoms with van der Waals surface area (Å²) in [7, 11) is 0. The van der Waals surface area contributed by atoms with Gasteiger partial charge in [0.25, 0.3) is 0 Å². The van der Waals surface area contributed by atoms with E-state index in [1.807, 2.05) is 43.4 Å². The molecule has 0 saturated carbocycles. The maximum atomic E-state index is 13.3. The summed E-state index contributed by atoms with van der Waals surface area (Å²) >= 11 is 0. The molecule has 0 N–H and O–H groups in total. The Bertz CT molecular complexity index is 621. The third-order valence-corrected chi connectivity index (χ3v) is 3.09. The Morgan fingerprint density at radius 3 is 2.53 bits per heavy atom. The molecular formula is C18H17F. The van der Waals surface area contributed by atoms with Gasteiger partial charge >= 0.3 is 0 Å². The molecule has 0 aliphatic carbocycles. The van der Waals surface area contributed by atoms with Crippen molar-refractivity contribution in [2.75, 3.05) is 0 Å². The average molecular weight is 252 g/mol. The van der Waals surface area contributed by atoms with E-state index in [-0.39, 0.29) is 5.82 Å². The molecule has 2 aromatic rings. The van der Waals surface area contributed by atoms with Gasteiger partial charge in [0.1, 0.15) is 5.82 Å². The number of hydrogen-bond acceptors (Lipinski definition) is 0. The van der Waals surface area contributed by atoms with Gasteiger partial charge in [-0.15, -0.1) is 0 Å². The van der Waals surface area contributed by atoms with Crippen molar-refractivity contribution in [2.24, 2.45) is 0 Å². The molecule has 0 fully saturated rings. The maximum absolute atomic E-state index is 13.3. The molecule has 2 rings (SSSR count). The Labute approximate surface area is 113 Å². The Balaban J connectivity index is 2.45. The normalized spacial score (nSPS) is 11.5. The topological polar surface area (TPSA) is 0 Å². The summed E-state index contributed by atoms with van der Waals surface area (Å²) in [6.45, 7) is 4.05. The van der Waals surface area contributed by atoms with Crippen molar-refractivity contribution in [3.05, 3.63) is 77.6 Å². The highest BCUT2D eigenvalue weighted by molar-refractivity contribution is 5.72. The second-order valence-electron chi connectivity index (χ2n) is 4.42. The Kier molecular flexibility index (Phi) is 4.30. The molecule has 19 heavy (non-hydrogen) atoms. The van der Waals surface area contributed by atoms with E-state index >= 15 is 0 Å². The van der Waals surface area contributed by atoms with Crippen LogP contribution in [0.1, 0.15) is 18.1 Å². The van der Waals surface area contributed by atoms with Gasteiger partial charge in [0.05, 0.1) is 0 Å². The van der Waals surface area contributed by atoms with E-state index in [2.05, 4.69) is 19.1 Å². The minimum atomic E-state index is -0.202. The number of halogens is 1. The van der Waals surface area contributed by atoms with E-state index in [4.69, 9.17) is 0 Å². The van der Waals surface area contributed by atoms with Gasteiger partial charge in [0.2, 0.25) is 0 Å². The Morgan fingerprint density at radius 1 is 1.00 bits per heavy atom. The largest absolute Gasteiger partial charge is 0.207 e. The monoisotopic (exact) mass is 252 g/mol. The van der Waals surface area contributed by atoms with E-state index in [0.717, 1.165) is 22.3 Å². The van der Waals surface area contributed by atoms with E-state index in [0.29, 0.717) is 0 Å². The molecule has 1 heteroatoms. The van der Waals surface area contributed by atoms with E-state index in [1.165, 1.54) is 6.07 Å². The van der Waals surface area contributed by atoms with Crippen molar-refractivity contribution < 1.29 is 4.39 Å². The quantitative estimate of drug-likeness (QED) is 0.642. The van der Waals surface area contributed by atoms with Crippen LogP contribution in [-0.4, -0.2) is 0 Å². The minimum Gasteiger partial charge on any atom is -0.207 e. The van der Waals surface area contributed by atoms with Gasteiger partial charge in [-0.25, -0.2) is 4.39 Å². The number of allylic oxidation sites excluding steroid dienone is 3. The van der Waals surface area contributed by atoms with Crippen molar-refractivity contribution in [1.82, 2.24) is 0 Å². The van der Waals surface area contributed by atoms with Gasteiger partial charge in [-0.3, -0.25) is 0 Å². The fraction of sp³-hybridized carbons (Fsp3) is 0.111. The summed E-state index contributed by atoms with van der Waals surface area (Å²) in [6.07, 6.45) is 8.06. The van der Waals surface area contributed by atoms with Gasteiger partial charge in [-0.2, -0.15) is 0 Å². The fourth-order valence-corrected chi connectivity index (χ4v) is 2.07. The molecule has 0 radical (unpaired) electrons. The molecule has 2 aromatic carbocycles. The van der Waals surface area contributed by atoms with Crippen LogP contribution in [0, 0.1) is 12.7 Å². The second-order valence-corrected chi connectivity index (χ2v) is 4.42. The molecule has 0 amide bonds. The van der Waals surface area contributed by atoms with Crippen LogP contribution in [0.25, 0.3) is 17.2 Å². The molecule has 0 aromatic heterocycles. The lowest BCUT2D eigenvalue weighted by Gasteiger charge is -2.09. The Hall–Kier alpha value is -2.15. The first-order chi connectivity index (χ1) is 9.22. The molecule has 0 spiro atoms. The number of rotatable bonds is 3. The van der Waals surface area contributed by atoms with Gasteiger partial charge < -0.3 is 0 Å². The first kappa shape index (κ1) is 13.3. The predicted molar refractivity (Wildman–Crippen MR) is 80.4 cm³/mol. The number of benzene rings is 2. The van der Waals surface area contributed by atoms with E-state index < -0.39 is 0 Å². The summed E-state index contributed by atoms with van der Waals surface area (Å²) in [5.41, 5.74) is 4.30. The van der Waals surface area contributed by atoms with Crippen LogP contribution in [0.3, 0.4) is 0 Å². The summed E-state index contributed by atoms with van der Waals surface area (Å²) < 4.78 is 13.3. The van der Waals surface area contributed by atoms with Gasteiger partial charge in [-0.1, -0.05) is 54.6 Å². The van der Waals surface area contributed by atoms with Crippen molar-refractivity contribution in [3.8, 4) is 11.1 Å². The first-order valence-electron chi connectivity index (χ1n) is 6.37. The smallest absolute Gasteiger partial charge is 0.123 e. The van der Waals surface area contributed by atoms with E-state index in [9.17, 15) is 4.39 Å². The van der Waals surface area contributed by atoms with Crippen LogP contribution in [0.15, 0.2) is 60.7 Å². The highest BCUT2D eigenvalue weighted by atomic mass is 19.1. The molecule has 0 nitrogen and oxygen atoms in total. The van der Waals surface area contributed by atoms with Gasteiger partial charge in [0, 0.05) is 0 Å². The van der Waals surface area contributed by atoms with Crippen molar-refractivity contribution >= 4 is 6.08 Å². The lowest BCUT2D eigenvalue weighted by molar-refractivity contribution is 0.628. The third kappa shape index (κ3) is 3.19. The molecule has 0 saturated heterocycles. The van der Waals surface area contributed by atoms with Crippen LogP contribution in [-0.2, 0) is 0 Å². The van der Waals surface area contributed by atoms with Crippen molar-refractivity contribution in [3.63, 3.8) is 0 Å². The first-order valence-corrected chi connectivity index (χ1v) is 6.37. The summed E-state index contributed by atoms with van der Waals surface area (Å²) in [5.74, 6) is -0.202. The van der Waals surface area contributed by atoms with Crippen LogP contribution in [0.2, 0.25) is 0 Å². The molecule has 0 unspecified atom stereocenters. The van der Waals surface area contributed by atoms with Crippen molar-refractivity contribution in [1.29, 1.82) is 0 Å². The number of hydrogen-bond donors (Lipinski definition) is 0. The maximum Gasteiger partial charge on any atom is 0.123 e. The van der Waals surface area contributed by atoms with Crippen LogP contribution < -0.4 is 0 Å². The molecular weight excluding hydrogens is 235 g/mol. The molecule has 0 bridgehead atoms. The summed E-state index contributed by atoms with van der Waals surface area (Å²) in [5, 5.41) is 0. The highest BCUT2D eigenvalue weighted by Crippen LogP contribution is 2.26. The van der Waals surface area contributed by atoms with Crippen LogP contribution in [0.4, 0.5) is 4.39 Å². The fourth-order valence-electron chi connectivity index (χ4n) is 2.07. The lowest BCUT2D eigenvalue weighted by Crippen LogP contribution is -1.87. The molecule has 0 aliphatic rings. The van der Waals surface area contributed by atoms with Crippen LogP contribution >= 0.6 is 0 Å². The van der Waals surface area contributed by atoms with Crippen LogP contribution in [0.5, 0.6) is 0 Å². The highest BCUT2D eigenvalue weighted by Gasteiger charge is 2.05. The predicted octanol–water partition coefficient (Wildman–Crippen LogP) is 5.39. The summed E-state index contributed by atoms with van der Waals surface area (Å²) in [4.78, 5) is 0.